The predicted molar refractivity (Wildman–Crippen MR) is 69.9 cm³/mol. The molecule has 5 heteroatoms. The van der Waals surface area contributed by atoms with Crippen LogP contribution in [0, 0.1) is 0 Å². The van der Waals surface area contributed by atoms with E-state index in [2.05, 4.69) is 5.32 Å². The lowest BCUT2D eigenvalue weighted by atomic mass is 10.1. The maximum atomic E-state index is 12.0. The highest BCUT2D eigenvalue weighted by Gasteiger charge is 2.23. The molecule has 2 rings (SSSR count). The van der Waals surface area contributed by atoms with Crippen LogP contribution >= 0.6 is 11.6 Å². The first-order chi connectivity index (χ1) is 8.68. The van der Waals surface area contributed by atoms with E-state index in [1.807, 2.05) is 31.2 Å². The number of ether oxygens (including phenoxy) is 2. The third-order valence-electron chi connectivity index (χ3n) is 2.76. The average Bonchev–Trinajstić information content (AvgIpc) is 2.40. The first-order valence-electron chi connectivity index (χ1n) is 5.91. The second kappa shape index (κ2) is 6.18. The number of benzene rings is 1. The Morgan fingerprint density at radius 2 is 2.22 bits per heavy atom. The van der Waals surface area contributed by atoms with Crippen molar-refractivity contribution in [1.29, 1.82) is 0 Å². The summed E-state index contributed by atoms with van der Waals surface area (Å²) in [6.07, 6.45) is -0.544. The predicted octanol–water partition coefficient (Wildman–Crippen LogP) is 2.34. The second-order valence-corrected chi connectivity index (χ2v) is 4.78. The highest BCUT2D eigenvalue weighted by molar-refractivity contribution is 6.21. The Hall–Kier alpha value is -1.10. The molecule has 2 unspecified atom stereocenters. The quantitative estimate of drug-likeness (QED) is 0.857. The van der Waals surface area contributed by atoms with E-state index in [1.165, 1.54) is 0 Å². The van der Waals surface area contributed by atoms with Gasteiger partial charge in [0.25, 0.3) is 5.91 Å². The van der Waals surface area contributed by atoms with Crippen LogP contribution in [0.15, 0.2) is 24.3 Å². The SMILES string of the molecule is CC(Cl)c1ccccc1NC(=O)C1COCCO1. The molecule has 1 N–H and O–H groups in total. The summed E-state index contributed by atoms with van der Waals surface area (Å²) in [5.41, 5.74) is 1.61. The van der Waals surface area contributed by atoms with Crippen LogP contribution < -0.4 is 5.32 Å². The summed E-state index contributed by atoms with van der Waals surface area (Å²) in [5, 5.41) is 2.67. The molecule has 0 aromatic heterocycles. The number of rotatable bonds is 3. The number of alkyl halides is 1. The lowest BCUT2D eigenvalue weighted by molar-refractivity contribution is -0.142. The summed E-state index contributed by atoms with van der Waals surface area (Å²) in [6.45, 7) is 3.15. The molecule has 0 radical (unpaired) electrons. The Morgan fingerprint density at radius 3 is 2.89 bits per heavy atom. The van der Waals surface area contributed by atoms with Crippen molar-refractivity contribution in [3.8, 4) is 0 Å². The van der Waals surface area contributed by atoms with Crippen LogP contribution in [-0.2, 0) is 14.3 Å². The van der Waals surface area contributed by atoms with Gasteiger partial charge in [-0.15, -0.1) is 11.6 Å². The molecule has 4 nitrogen and oxygen atoms in total. The standard InChI is InChI=1S/C13H16ClNO3/c1-9(14)10-4-2-3-5-11(10)15-13(16)12-8-17-6-7-18-12/h2-5,9,12H,6-8H2,1H3,(H,15,16). The Labute approximate surface area is 111 Å². The van der Waals surface area contributed by atoms with Gasteiger partial charge in [-0.05, 0) is 18.6 Å². The number of halogens is 1. The lowest BCUT2D eigenvalue weighted by Gasteiger charge is -2.22. The third kappa shape index (κ3) is 3.22. The van der Waals surface area contributed by atoms with Crippen LogP contribution in [0.1, 0.15) is 17.9 Å². The van der Waals surface area contributed by atoms with E-state index in [0.717, 1.165) is 11.3 Å². The Morgan fingerprint density at radius 1 is 1.44 bits per heavy atom. The van der Waals surface area contributed by atoms with Gasteiger partial charge in [-0.25, -0.2) is 0 Å². The lowest BCUT2D eigenvalue weighted by Crippen LogP contribution is -2.39. The number of nitrogens with one attached hydrogen (secondary N) is 1. The Balaban J connectivity index is 2.06. The molecule has 1 fully saturated rings. The smallest absolute Gasteiger partial charge is 0.255 e. The van der Waals surface area contributed by atoms with Gasteiger partial charge >= 0.3 is 0 Å². The molecule has 1 amide bonds. The van der Waals surface area contributed by atoms with Crippen LogP contribution in [0.25, 0.3) is 0 Å². The summed E-state index contributed by atoms with van der Waals surface area (Å²) in [5.74, 6) is -0.195. The summed E-state index contributed by atoms with van der Waals surface area (Å²) >= 11 is 6.07. The molecule has 1 aromatic rings. The Bertz CT molecular complexity index is 416. The number of hydrogen-bond donors (Lipinski definition) is 1. The van der Waals surface area contributed by atoms with Gasteiger partial charge in [0, 0.05) is 5.69 Å². The molecule has 1 aliphatic rings. The molecule has 2 atom stereocenters. The molecule has 0 aliphatic carbocycles. The van der Waals surface area contributed by atoms with Gasteiger partial charge in [0.1, 0.15) is 0 Å². The maximum Gasteiger partial charge on any atom is 0.255 e. The molecule has 1 saturated heterocycles. The topological polar surface area (TPSA) is 47.6 Å². The molecular formula is C13H16ClNO3. The number of carbonyl (C=O) groups is 1. The third-order valence-corrected chi connectivity index (χ3v) is 2.99. The highest BCUT2D eigenvalue weighted by atomic mass is 35.5. The van der Waals surface area contributed by atoms with Crippen LogP contribution in [0.5, 0.6) is 0 Å². The number of hydrogen-bond acceptors (Lipinski definition) is 3. The van der Waals surface area contributed by atoms with Crippen LogP contribution in [0.2, 0.25) is 0 Å². The average molecular weight is 270 g/mol. The fourth-order valence-electron chi connectivity index (χ4n) is 1.81. The fraction of sp³-hybridized carbons (Fsp3) is 0.462. The van der Waals surface area contributed by atoms with Gasteiger partial charge in [0.2, 0.25) is 0 Å². The summed E-state index contributed by atoms with van der Waals surface area (Å²) in [6, 6.07) is 7.47. The zero-order valence-corrected chi connectivity index (χ0v) is 10.9. The van der Waals surface area contributed by atoms with E-state index in [1.54, 1.807) is 0 Å². The first-order valence-corrected chi connectivity index (χ1v) is 6.35. The molecule has 98 valence electrons. The number of carbonyl (C=O) groups excluding carboxylic acids is 1. The van der Waals surface area contributed by atoms with Crippen molar-refractivity contribution < 1.29 is 14.3 Å². The molecule has 1 heterocycles. The van der Waals surface area contributed by atoms with Crippen molar-refractivity contribution in [3.05, 3.63) is 29.8 Å². The largest absolute Gasteiger partial charge is 0.376 e. The maximum absolute atomic E-state index is 12.0. The van der Waals surface area contributed by atoms with Crippen molar-refractivity contribution >= 4 is 23.2 Å². The molecule has 0 spiro atoms. The zero-order valence-electron chi connectivity index (χ0n) is 10.2. The number of amides is 1. The second-order valence-electron chi connectivity index (χ2n) is 4.13. The normalized spacial score (nSPS) is 21.3. The highest BCUT2D eigenvalue weighted by Crippen LogP contribution is 2.27. The van der Waals surface area contributed by atoms with E-state index in [9.17, 15) is 4.79 Å². The van der Waals surface area contributed by atoms with Crippen molar-refractivity contribution in [2.24, 2.45) is 0 Å². The van der Waals surface area contributed by atoms with Gasteiger partial charge in [0.15, 0.2) is 6.10 Å². The molecule has 0 bridgehead atoms. The van der Waals surface area contributed by atoms with Crippen molar-refractivity contribution in [1.82, 2.24) is 0 Å². The van der Waals surface area contributed by atoms with Gasteiger partial charge in [-0.3, -0.25) is 4.79 Å². The van der Waals surface area contributed by atoms with E-state index in [0.29, 0.717) is 19.8 Å². The molecule has 1 aromatic carbocycles. The fourth-order valence-corrected chi connectivity index (χ4v) is 2.00. The van der Waals surface area contributed by atoms with Crippen LogP contribution in [-0.4, -0.2) is 31.8 Å². The monoisotopic (exact) mass is 269 g/mol. The molecular weight excluding hydrogens is 254 g/mol. The Kier molecular flexibility index (Phi) is 4.58. The van der Waals surface area contributed by atoms with E-state index < -0.39 is 6.10 Å². The van der Waals surface area contributed by atoms with Gasteiger partial charge < -0.3 is 14.8 Å². The minimum Gasteiger partial charge on any atom is -0.376 e. The minimum absolute atomic E-state index is 0.162. The van der Waals surface area contributed by atoms with E-state index in [-0.39, 0.29) is 11.3 Å². The summed E-state index contributed by atoms with van der Waals surface area (Å²) in [7, 11) is 0. The summed E-state index contributed by atoms with van der Waals surface area (Å²) in [4.78, 5) is 12.0. The van der Waals surface area contributed by atoms with E-state index >= 15 is 0 Å². The molecule has 1 aliphatic heterocycles. The molecule has 18 heavy (non-hydrogen) atoms. The van der Waals surface area contributed by atoms with Crippen molar-refractivity contribution in [2.45, 2.75) is 18.4 Å². The van der Waals surface area contributed by atoms with Gasteiger partial charge in [-0.1, -0.05) is 18.2 Å². The van der Waals surface area contributed by atoms with Crippen molar-refractivity contribution in [3.63, 3.8) is 0 Å². The number of anilines is 1. The number of para-hydroxylation sites is 1. The van der Waals surface area contributed by atoms with Crippen LogP contribution in [0.4, 0.5) is 5.69 Å². The first kappa shape index (κ1) is 13.3. The zero-order chi connectivity index (χ0) is 13.0. The minimum atomic E-state index is -0.544. The van der Waals surface area contributed by atoms with Crippen molar-refractivity contribution in [2.75, 3.05) is 25.1 Å². The van der Waals surface area contributed by atoms with Gasteiger partial charge in [0.05, 0.1) is 25.2 Å². The van der Waals surface area contributed by atoms with Gasteiger partial charge in [-0.2, -0.15) is 0 Å². The van der Waals surface area contributed by atoms with E-state index in [4.69, 9.17) is 21.1 Å². The molecule has 0 saturated carbocycles. The summed E-state index contributed by atoms with van der Waals surface area (Å²) < 4.78 is 10.5. The van der Waals surface area contributed by atoms with Crippen LogP contribution in [0.3, 0.4) is 0 Å².